The lowest BCUT2D eigenvalue weighted by atomic mass is 10.5. The number of nitrogens with one attached hydrogen (secondary N) is 1. The van der Waals surface area contributed by atoms with Gasteiger partial charge in [-0.15, -0.1) is 5.10 Å². The maximum absolute atomic E-state index is 4.06. The number of aromatic nitrogens is 7. The van der Waals surface area contributed by atoms with E-state index < -0.39 is 0 Å². The molecule has 3 aromatic heterocycles. The number of imidazole rings is 1. The molecule has 0 radical (unpaired) electrons. The lowest BCUT2D eigenvalue weighted by molar-refractivity contribution is 0.719. The lowest BCUT2D eigenvalue weighted by Crippen LogP contribution is -2.12. The predicted octanol–water partition coefficient (Wildman–Crippen LogP) is -0.172. The average Bonchev–Trinajstić information content (AvgIpc) is 2.99. The van der Waals surface area contributed by atoms with Gasteiger partial charge in [-0.2, -0.15) is 4.52 Å². The molecular weight excluding hydrogens is 220 g/mol. The fourth-order valence-electron chi connectivity index (χ4n) is 1.53. The molecule has 0 unspecified atom stereocenters. The van der Waals surface area contributed by atoms with Gasteiger partial charge in [0.1, 0.15) is 5.82 Å². The Kier molecular flexibility index (Phi) is 2.37. The Labute approximate surface area is 96.3 Å². The van der Waals surface area contributed by atoms with Gasteiger partial charge in [-0.1, -0.05) is 0 Å². The lowest BCUT2D eigenvalue weighted by Gasteiger charge is -2.06. The smallest absolute Gasteiger partial charge is 0.199 e. The van der Waals surface area contributed by atoms with Crippen LogP contribution in [0.2, 0.25) is 0 Å². The van der Waals surface area contributed by atoms with E-state index in [0.717, 1.165) is 18.9 Å². The van der Waals surface area contributed by atoms with Crippen LogP contribution < -0.4 is 5.32 Å². The van der Waals surface area contributed by atoms with Crippen LogP contribution in [0.3, 0.4) is 0 Å². The molecule has 0 bridgehead atoms. The molecule has 1 N–H and O–H groups in total. The Bertz CT molecular complexity index is 598. The fraction of sp³-hybridized carbons (Fsp3) is 0.222. The van der Waals surface area contributed by atoms with Crippen LogP contribution in [-0.4, -0.2) is 41.1 Å². The molecule has 3 aromatic rings. The third-order valence-electron chi connectivity index (χ3n) is 2.34. The van der Waals surface area contributed by atoms with Gasteiger partial charge in [0.15, 0.2) is 5.65 Å². The number of anilines is 1. The number of hydrogen-bond donors (Lipinski definition) is 1. The van der Waals surface area contributed by atoms with Crippen molar-refractivity contribution in [3.8, 4) is 0 Å². The summed E-state index contributed by atoms with van der Waals surface area (Å²) in [4.78, 5) is 8.03. The number of hydrogen-bond acceptors (Lipinski definition) is 6. The molecule has 8 nitrogen and oxygen atoms in total. The highest BCUT2D eigenvalue weighted by molar-refractivity contribution is 5.43. The number of rotatable bonds is 4. The van der Waals surface area contributed by atoms with Crippen LogP contribution in [0.4, 0.5) is 5.82 Å². The van der Waals surface area contributed by atoms with Gasteiger partial charge in [-0.25, -0.2) is 4.98 Å². The first-order chi connectivity index (χ1) is 8.43. The van der Waals surface area contributed by atoms with Crippen LogP contribution in [0.1, 0.15) is 0 Å². The van der Waals surface area contributed by atoms with Crippen molar-refractivity contribution in [3.05, 3.63) is 31.1 Å². The van der Waals surface area contributed by atoms with E-state index in [1.165, 1.54) is 0 Å². The molecule has 0 aromatic carbocycles. The number of tetrazole rings is 1. The van der Waals surface area contributed by atoms with Crippen LogP contribution in [0.25, 0.3) is 5.65 Å². The summed E-state index contributed by atoms with van der Waals surface area (Å²) in [5, 5.41) is 14.5. The molecule has 0 aliphatic heterocycles. The van der Waals surface area contributed by atoms with Crippen molar-refractivity contribution in [2.75, 3.05) is 11.9 Å². The van der Waals surface area contributed by atoms with Crippen LogP contribution >= 0.6 is 0 Å². The van der Waals surface area contributed by atoms with Crippen molar-refractivity contribution in [2.24, 2.45) is 0 Å². The molecule has 0 fully saturated rings. The first kappa shape index (κ1) is 9.70. The summed E-state index contributed by atoms with van der Waals surface area (Å²) in [6, 6.07) is 0. The van der Waals surface area contributed by atoms with Crippen LogP contribution in [-0.2, 0) is 6.54 Å². The molecule has 3 rings (SSSR count). The molecule has 0 atom stereocenters. The standard InChI is InChI=1S/C9H10N8/c1-3-16(7-10-1)4-2-12-8-5-11-6-9-13-14-15-17(8)9/h1,3,5-7,12H,2,4H2. The highest BCUT2D eigenvalue weighted by atomic mass is 15.5. The second kappa shape index (κ2) is 4.16. The number of nitrogens with zero attached hydrogens (tertiary/aromatic N) is 7. The van der Waals surface area contributed by atoms with Crippen LogP contribution in [0, 0.1) is 0 Å². The van der Waals surface area contributed by atoms with E-state index in [2.05, 4.69) is 30.8 Å². The molecule has 86 valence electrons. The molecule has 8 heteroatoms. The molecule has 0 saturated carbocycles. The maximum Gasteiger partial charge on any atom is 0.199 e. The summed E-state index contributed by atoms with van der Waals surface area (Å²) in [6.07, 6.45) is 8.75. The van der Waals surface area contributed by atoms with E-state index in [0.29, 0.717) is 5.65 Å². The Morgan fingerprint density at radius 3 is 3.12 bits per heavy atom. The zero-order chi connectivity index (χ0) is 11.5. The summed E-state index contributed by atoms with van der Waals surface area (Å²) < 4.78 is 3.60. The molecule has 3 heterocycles. The van der Waals surface area contributed by atoms with Crippen molar-refractivity contribution in [2.45, 2.75) is 6.54 Å². The van der Waals surface area contributed by atoms with Gasteiger partial charge >= 0.3 is 0 Å². The Morgan fingerprint density at radius 2 is 2.24 bits per heavy atom. The highest BCUT2D eigenvalue weighted by Crippen LogP contribution is 2.05. The topological polar surface area (TPSA) is 85.8 Å². The zero-order valence-corrected chi connectivity index (χ0v) is 8.93. The van der Waals surface area contributed by atoms with Crippen molar-refractivity contribution < 1.29 is 0 Å². The molecule has 0 aliphatic carbocycles. The minimum absolute atomic E-state index is 0.623. The SMILES string of the molecule is c1cn(CCNc2cncc3nnnn23)cn1. The van der Waals surface area contributed by atoms with Gasteiger partial charge < -0.3 is 9.88 Å². The molecule has 0 spiro atoms. The number of fused-ring (bicyclic) bond motifs is 1. The molecule has 0 aliphatic rings. The highest BCUT2D eigenvalue weighted by Gasteiger charge is 2.02. The summed E-state index contributed by atoms with van der Waals surface area (Å²) in [5.41, 5.74) is 0.623. The summed E-state index contributed by atoms with van der Waals surface area (Å²) in [6.45, 7) is 1.57. The van der Waals surface area contributed by atoms with Crippen molar-refractivity contribution in [3.63, 3.8) is 0 Å². The third kappa shape index (κ3) is 1.92. The maximum atomic E-state index is 4.06. The van der Waals surface area contributed by atoms with Gasteiger partial charge in [0.25, 0.3) is 0 Å². The summed E-state index contributed by atoms with van der Waals surface area (Å²) in [7, 11) is 0. The fourth-order valence-corrected chi connectivity index (χ4v) is 1.53. The van der Waals surface area contributed by atoms with Gasteiger partial charge in [0.2, 0.25) is 0 Å². The summed E-state index contributed by atoms with van der Waals surface area (Å²) >= 11 is 0. The van der Waals surface area contributed by atoms with Gasteiger partial charge in [0, 0.05) is 25.5 Å². The van der Waals surface area contributed by atoms with E-state index in [4.69, 9.17) is 0 Å². The van der Waals surface area contributed by atoms with Crippen LogP contribution in [0.15, 0.2) is 31.1 Å². The summed E-state index contributed by atoms with van der Waals surface area (Å²) in [5.74, 6) is 0.771. The van der Waals surface area contributed by atoms with Crippen molar-refractivity contribution in [1.82, 2.24) is 34.6 Å². The van der Waals surface area contributed by atoms with E-state index in [1.54, 1.807) is 29.4 Å². The second-order valence-electron chi connectivity index (χ2n) is 3.47. The molecule has 0 saturated heterocycles. The van der Waals surface area contributed by atoms with Gasteiger partial charge in [0.05, 0.1) is 18.7 Å². The normalized spacial score (nSPS) is 10.8. The second-order valence-corrected chi connectivity index (χ2v) is 3.47. The molecular formula is C9H10N8. The minimum atomic E-state index is 0.623. The Morgan fingerprint density at radius 1 is 1.24 bits per heavy atom. The predicted molar refractivity (Wildman–Crippen MR) is 59.3 cm³/mol. The Hall–Kier alpha value is -2.51. The van der Waals surface area contributed by atoms with Crippen molar-refractivity contribution in [1.29, 1.82) is 0 Å². The minimum Gasteiger partial charge on any atom is -0.367 e. The van der Waals surface area contributed by atoms with Gasteiger partial charge in [-0.05, 0) is 10.4 Å². The first-order valence-corrected chi connectivity index (χ1v) is 5.15. The van der Waals surface area contributed by atoms with E-state index in [-0.39, 0.29) is 0 Å². The largest absolute Gasteiger partial charge is 0.367 e. The first-order valence-electron chi connectivity index (χ1n) is 5.15. The van der Waals surface area contributed by atoms with E-state index in [1.807, 2.05) is 10.8 Å². The monoisotopic (exact) mass is 230 g/mol. The molecule has 0 amide bonds. The third-order valence-corrected chi connectivity index (χ3v) is 2.34. The van der Waals surface area contributed by atoms with Crippen LogP contribution in [0.5, 0.6) is 0 Å². The van der Waals surface area contributed by atoms with Crippen molar-refractivity contribution >= 4 is 11.5 Å². The molecule has 17 heavy (non-hydrogen) atoms. The Balaban J connectivity index is 1.70. The average molecular weight is 230 g/mol. The van der Waals surface area contributed by atoms with E-state index >= 15 is 0 Å². The van der Waals surface area contributed by atoms with E-state index in [9.17, 15) is 0 Å². The van der Waals surface area contributed by atoms with Gasteiger partial charge in [-0.3, -0.25) is 4.98 Å². The zero-order valence-electron chi connectivity index (χ0n) is 8.93. The quantitative estimate of drug-likeness (QED) is 0.669.